The number of hydrogen-bond acceptors (Lipinski definition) is 5. The van der Waals surface area contributed by atoms with E-state index in [9.17, 15) is 15.0 Å². The first-order valence-electron chi connectivity index (χ1n) is 9.09. The maximum Gasteiger partial charge on any atom is 0.174 e. The largest absolute Gasteiger partial charge is 0.504 e. The zero-order chi connectivity index (χ0) is 16.3. The molecule has 4 atom stereocenters. The lowest BCUT2D eigenvalue weighted by atomic mass is 9.49. The summed E-state index contributed by atoms with van der Waals surface area (Å²) >= 11 is 0. The van der Waals surface area contributed by atoms with Crippen molar-refractivity contribution in [2.75, 3.05) is 6.54 Å². The van der Waals surface area contributed by atoms with Gasteiger partial charge in [0.15, 0.2) is 23.4 Å². The summed E-state index contributed by atoms with van der Waals surface area (Å²) in [6.07, 6.45) is 4.18. The molecule has 3 aliphatic carbocycles. The highest BCUT2D eigenvalue weighted by molar-refractivity contribution is 5.90. The van der Waals surface area contributed by atoms with Crippen LogP contribution in [0.5, 0.6) is 11.5 Å². The van der Waals surface area contributed by atoms with Gasteiger partial charge in [-0.3, -0.25) is 9.69 Å². The van der Waals surface area contributed by atoms with Crippen LogP contribution in [0.3, 0.4) is 0 Å². The predicted molar refractivity (Wildman–Crippen MR) is 85.2 cm³/mol. The van der Waals surface area contributed by atoms with Gasteiger partial charge in [-0.15, -0.1) is 0 Å². The van der Waals surface area contributed by atoms with E-state index in [1.54, 1.807) is 6.07 Å². The van der Waals surface area contributed by atoms with Gasteiger partial charge < -0.3 is 14.9 Å². The molecule has 2 aliphatic heterocycles. The first-order valence-corrected chi connectivity index (χ1v) is 9.09. The molecule has 0 aromatic heterocycles. The van der Waals surface area contributed by atoms with Crippen molar-refractivity contribution in [3.05, 3.63) is 23.3 Å². The molecule has 24 heavy (non-hydrogen) atoms. The monoisotopic (exact) mass is 327 g/mol. The first-order chi connectivity index (χ1) is 11.6. The van der Waals surface area contributed by atoms with Crippen LogP contribution in [0.1, 0.15) is 43.2 Å². The average Bonchev–Trinajstić information content (AvgIpc) is 3.32. The molecule has 2 saturated carbocycles. The Hall–Kier alpha value is -1.59. The van der Waals surface area contributed by atoms with Crippen molar-refractivity contribution in [1.82, 2.24) is 4.90 Å². The molecular weight excluding hydrogens is 306 g/mol. The molecular formula is C19H21NO4. The maximum absolute atomic E-state index is 12.7. The molecule has 5 aliphatic rings. The Morgan fingerprint density at radius 3 is 2.88 bits per heavy atom. The standard InChI is InChI=1S/C19H21NO4/c21-12-4-1-10-9-14-19(23)6-5-13(22)17-18(19,15(10)16(12)24-17)7-8-20(14)11-2-3-11/h1,4,11,14,17,21,23H,2-3,5-9H2/t14-,17+,18+,19-/m1/s1. The Morgan fingerprint density at radius 1 is 1.25 bits per heavy atom. The molecule has 0 unspecified atom stereocenters. The zero-order valence-corrected chi connectivity index (χ0v) is 13.5. The minimum atomic E-state index is -0.932. The highest BCUT2D eigenvalue weighted by atomic mass is 16.5. The fourth-order valence-corrected chi connectivity index (χ4v) is 6.20. The number of piperidine rings is 1. The van der Waals surface area contributed by atoms with E-state index in [1.165, 1.54) is 12.8 Å². The van der Waals surface area contributed by atoms with E-state index >= 15 is 0 Å². The number of benzene rings is 1. The average molecular weight is 327 g/mol. The molecule has 1 aromatic carbocycles. The fourth-order valence-electron chi connectivity index (χ4n) is 6.20. The Labute approximate surface area is 140 Å². The molecule has 3 fully saturated rings. The van der Waals surface area contributed by atoms with Gasteiger partial charge in [-0.1, -0.05) is 6.07 Å². The summed E-state index contributed by atoms with van der Waals surface area (Å²) < 4.78 is 6.02. The van der Waals surface area contributed by atoms with Crippen molar-refractivity contribution < 1.29 is 19.7 Å². The Morgan fingerprint density at radius 2 is 2.08 bits per heavy atom. The number of likely N-dealkylation sites (tertiary alicyclic amines) is 1. The van der Waals surface area contributed by atoms with Crippen LogP contribution in [0.15, 0.2) is 12.1 Å². The number of Topliss-reactive ketones (excluding diaryl/α,β-unsaturated/α-hetero) is 1. The number of ketones is 1. The van der Waals surface area contributed by atoms with Gasteiger partial charge in [0.1, 0.15) is 0 Å². The van der Waals surface area contributed by atoms with E-state index in [-0.39, 0.29) is 17.6 Å². The van der Waals surface area contributed by atoms with Crippen LogP contribution in [0.2, 0.25) is 0 Å². The molecule has 2 heterocycles. The van der Waals surface area contributed by atoms with E-state index in [0.29, 0.717) is 24.6 Å². The summed E-state index contributed by atoms with van der Waals surface area (Å²) in [6, 6.07) is 4.28. The molecule has 0 radical (unpaired) electrons. The van der Waals surface area contributed by atoms with Crippen LogP contribution < -0.4 is 4.74 Å². The van der Waals surface area contributed by atoms with Crippen molar-refractivity contribution >= 4 is 5.78 Å². The molecule has 126 valence electrons. The third-order valence-electron chi connectivity index (χ3n) is 7.32. The Bertz CT molecular complexity index is 788. The number of rotatable bonds is 1. The van der Waals surface area contributed by atoms with E-state index in [0.717, 1.165) is 30.5 Å². The molecule has 5 nitrogen and oxygen atoms in total. The molecule has 1 spiro atoms. The van der Waals surface area contributed by atoms with Crippen molar-refractivity contribution in [2.45, 2.75) is 67.7 Å². The summed E-state index contributed by atoms with van der Waals surface area (Å²) in [7, 11) is 0. The second kappa shape index (κ2) is 3.97. The normalized spacial score (nSPS) is 42.6. The quantitative estimate of drug-likeness (QED) is 0.813. The Kier molecular flexibility index (Phi) is 2.26. The zero-order valence-electron chi connectivity index (χ0n) is 13.5. The van der Waals surface area contributed by atoms with Crippen LogP contribution in [-0.4, -0.2) is 51.2 Å². The SMILES string of the molecule is O=C1CC[C@@]2(O)[C@H]3Cc4ccc(O)c5c4[C@@]2(CCN3C2CC2)[C@H]1O5. The predicted octanol–water partition coefficient (Wildman–Crippen LogP) is 1.28. The van der Waals surface area contributed by atoms with E-state index in [2.05, 4.69) is 4.90 Å². The number of phenolic OH excluding ortho intramolecular Hbond substituents is 1. The fraction of sp³-hybridized carbons (Fsp3) is 0.632. The maximum atomic E-state index is 12.7. The minimum Gasteiger partial charge on any atom is -0.504 e. The molecule has 0 amide bonds. The highest BCUT2D eigenvalue weighted by Gasteiger charge is 2.73. The van der Waals surface area contributed by atoms with Gasteiger partial charge in [-0.25, -0.2) is 0 Å². The van der Waals surface area contributed by atoms with Crippen LogP contribution in [-0.2, 0) is 16.6 Å². The number of phenols is 1. The third kappa shape index (κ3) is 1.28. The number of nitrogens with zero attached hydrogens (tertiary/aromatic N) is 1. The number of carbonyl (C=O) groups excluding carboxylic acids is 1. The topological polar surface area (TPSA) is 70.0 Å². The molecule has 2 bridgehead atoms. The summed E-state index contributed by atoms with van der Waals surface area (Å²) in [5, 5.41) is 22.2. The smallest absolute Gasteiger partial charge is 0.174 e. The number of aromatic hydroxyl groups is 1. The number of aliphatic hydroxyl groups is 1. The number of ether oxygens (including phenoxy) is 1. The van der Waals surface area contributed by atoms with E-state index in [4.69, 9.17) is 4.74 Å². The van der Waals surface area contributed by atoms with Crippen molar-refractivity contribution in [2.24, 2.45) is 0 Å². The van der Waals surface area contributed by atoms with Crippen molar-refractivity contribution in [3.8, 4) is 11.5 Å². The van der Waals surface area contributed by atoms with Gasteiger partial charge in [-0.2, -0.15) is 0 Å². The lowest BCUT2D eigenvalue weighted by Crippen LogP contribution is -2.76. The molecule has 5 heteroatoms. The van der Waals surface area contributed by atoms with Gasteiger partial charge in [-0.05, 0) is 50.3 Å². The summed E-state index contributed by atoms with van der Waals surface area (Å²) in [6.45, 7) is 0.902. The Balaban J connectivity index is 1.65. The van der Waals surface area contributed by atoms with E-state index in [1.807, 2.05) is 6.07 Å². The molecule has 1 saturated heterocycles. The number of hydrogen-bond donors (Lipinski definition) is 2. The van der Waals surface area contributed by atoms with E-state index < -0.39 is 17.1 Å². The van der Waals surface area contributed by atoms with Crippen LogP contribution >= 0.6 is 0 Å². The second-order valence-electron chi connectivity index (χ2n) is 8.25. The highest BCUT2D eigenvalue weighted by Crippen LogP contribution is 2.65. The van der Waals surface area contributed by atoms with Crippen LogP contribution in [0.4, 0.5) is 0 Å². The second-order valence-corrected chi connectivity index (χ2v) is 8.25. The van der Waals surface area contributed by atoms with Gasteiger partial charge in [0, 0.05) is 24.1 Å². The summed E-state index contributed by atoms with van der Waals surface area (Å²) in [5.41, 5.74) is 0.466. The lowest BCUT2D eigenvalue weighted by molar-refractivity contribution is -0.189. The van der Waals surface area contributed by atoms with Crippen molar-refractivity contribution in [1.29, 1.82) is 0 Å². The number of carbonyl (C=O) groups is 1. The minimum absolute atomic E-state index is 0.0564. The molecule has 2 N–H and O–H groups in total. The lowest BCUT2D eigenvalue weighted by Gasteiger charge is -2.62. The van der Waals surface area contributed by atoms with Crippen molar-refractivity contribution in [3.63, 3.8) is 0 Å². The summed E-state index contributed by atoms with van der Waals surface area (Å²) in [5.74, 6) is 0.613. The van der Waals surface area contributed by atoms with Gasteiger partial charge in [0.05, 0.1) is 11.0 Å². The van der Waals surface area contributed by atoms with Crippen LogP contribution in [0, 0.1) is 0 Å². The summed E-state index contributed by atoms with van der Waals surface area (Å²) in [4.78, 5) is 15.2. The van der Waals surface area contributed by atoms with Gasteiger partial charge >= 0.3 is 0 Å². The first kappa shape index (κ1) is 13.7. The third-order valence-corrected chi connectivity index (χ3v) is 7.32. The van der Waals surface area contributed by atoms with Crippen LogP contribution in [0.25, 0.3) is 0 Å². The molecule has 1 aromatic rings. The molecule has 6 rings (SSSR count). The van der Waals surface area contributed by atoms with Gasteiger partial charge in [0.2, 0.25) is 0 Å². The van der Waals surface area contributed by atoms with Gasteiger partial charge in [0.25, 0.3) is 0 Å².